The molecule has 3 rings (SSSR count). The summed E-state index contributed by atoms with van der Waals surface area (Å²) in [5.41, 5.74) is 2.87. The monoisotopic (exact) mass is 364 g/mol. The van der Waals surface area contributed by atoms with E-state index in [0.29, 0.717) is 18.4 Å². The first-order valence-electron chi connectivity index (χ1n) is 9.03. The predicted octanol–water partition coefficient (Wildman–Crippen LogP) is 3.57. The summed E-state index contributed by atoms with van der Waals surface area (Å²) in [5, 5.41) is 13.6. The van der Waals surface area contributed by atoms with Gasteiger partial charge >= 0.3 is 5.97 Å². The van der Waals surface area contributed by atoms with E-state index in [1.54, 1.807) is 31.2 Å². The van der Waals surface area contributed by atoms with Crippen molar-refractivity contribution in [3.63, 3.8) is 0 Å². The number of hydrogen-bond acceptors (Lipinski definition) is 2. The second-order valence-corrected chi connectivity index (χ2v) is 7.09. The summed E-state index contributed by atoms with van der Waals surface area (Å²) in [4.78, 5) is 27.4. The molecule has 0 fully saturated rings. The van der Waals surface area contributed by atoms with Gasteiger partial charge in [0.15, 0.2) is 0 Å². The highest BCUT2D eigenvalue weighted by Gasteiger charge is 2.35. The highest BCUT2D eigenvalue weighted by Crippen LogP contribution is 2.24. The second kappa shape index (κ2) is 7.66. The van der Waals surface area contributed by atoms with Crippen LogP contribution in [0.1, 0.15) is 30.0 Å². The van der Waals surface area contributed by atoms with E-state index in [9.17, 15) is 14.7 Å². The number of amides is 1. The van der Waals surface area contributed by atoms with Crippen molar-refractivity contribution < 1.29 is 14.7 Å². The van der Waals surface area contributed by atoms with E-state index < -0.39 is 11.4 Å². The number of H-pyrrole nitrogens is 1. The second-order valence-electron chi connectivity index (χ2n) is 7.09. The Morgan fingerprint density at radius 1 is 1.11 bits per heavy atom. The standard InChI is InChI=1S/C22H24N2O3/c1-15-7-6-10-18-16(13-23-20(15)18)11-12-19(25)24-14-22(2,21(26)27)17-8-4-3-5-9-17/h3-10,13,23H,11-12,14H2,1-2H3,(H,24,25)(H,26,27). The van der Waals surface area contributed by atoms with Crippen molar-refractivity contribution in [2.24, 2.45) is 0 Å². The van der Waals surface area contributed by atoms with Crippen molar-refractivity contribution in [2.45, 2.75) is 32.1 Å². The quantitative estimate of drug-likeness (QED) is 0.599. The summed E-state index contributed by atoms with van der Waals surface area (Å²) in [5.74, 6) is -1.11. The van der Waals surface area contributed by atoms with Gasteiger partial charge in [-0.1, -0.05) is 48.5 Å². The molecule has 2 aromatic carbocycles. The number of nitrogens with one attached hydrogen (secondary N) is 2. The number of fused-ring (bicyclic) bond motifs is 1. The van der Waals surface area contributed by atoms with Crippen LogP contribution in [0.25, 0.3) is 10.9 Å². The molecule has 0 aliphatic heterocycles. The topological polar surface area (TPSA) is 82.2 Å². The van der Waals surface area contributed by atoms with Crippen LogP contribution < -0.4 is 5.32 Å². The molecule has 0 spiro atoms. The molecule has 140 valence electrons. The molecule has 3 aromatic rings. The highest BCUT2D eigenvalue weighted by molar-refractivity contribution is 5.87. The van der Waals surface area contributed by atoms with E-state index in [1.165, 1.54) is 5.56 Å². The minimum absolute atomic E-state index is 0.0537. The molecule has 0 aliphatic rings. The van der Waals surface area contributed by atoms with Crippen LogP contribution in [0.2, 0.25) is 0 Å². The third-order valence-electron chi connectivity index (χ3n) is 5.15. The number of carbonyl (C=O) groups excluding carboxylic acids is 1. The molecule has 0 saturated carbocycles. The van der Waals surface area contributed by atoms with Gasteiger partial charge in [0.2, 0.25) is 5.91 Å². The predicted molar refractivity (Wildman–Crippen MR) is 106 cm³/mol. The number of aryl methyl sites for hydroxylation is 2. The molecular weight excluding hydrogens is 340 g/mol. The Bertz CT molecular complexity index is 962. The zero-order chi connectivity index (χ0) is 19.4. The van der Waals surface area contributed by atoms with Gasteiger partial charge in [-0.3, -0.25) is 9.59 Å². The fourth-order valence-electron chi connectivity index (χ4n) is 3.29. The first-order valence-corrected chi connectivity index (χ1v) is 9.03. The van der Waals surface area contributed by atoms with Crippen LogP contribution in [0.15, 0.2) is 54.7 Å². The largest absolute Gasteiger partial charge is 0.481 e. The lowest BCUT2D eigenvalue weighted by atomic mass is 9.82. The number of para-hydroxylation sites is 1. The molecule has 1 unspecified atom stereocenters. The van der Waals surface area contributed by atoms with Crippen LogP contribution in [0.5, 0.6) is 0 Å². The maximum absolute atomic E-state index is 12.3. The Kier molecular flexibility index (Phi) is 5.31. The minimum atomic E-state index is -1.16. The maximum atomic E-state index is 12.3. The number of carboxylic acid groups (broad SMARTS) is 1. The van der Waals surface area contributed by atoms with Crippen LogP contribution in [-0.2, 0) is 21.4 Å². The molecule has 1 aromatic heterocycles. The molecule has 1 heterocycles. The number of hydrogen-bond donors (Lipinski definition) is 3. The number of aromatic nitrogens is 1. The fraction of sp³-hybridized carbons (Fsp3) is 0.273. The van der Waals surface area contributed by atoms with Crippen LogP contribution in [0.4, 0.5) is 0 Å². The van der Waals surface area contributed by atoms with E-state index in [4.69, 9.17) is 0 Å². The van der Waals surface area contributed by atoms with E-state index in [-0.39, 0.29) is 12.5 Å². The number of aliphatic carboxylic acids is 1. The number of carbonyl (C=O) groups is 2. The van der Waals surface area contributed by atoms with Crippen LogP contribution in [0.3, 0.4) is 0 Å². The van der Waals surface area contributed by atoms with E-state index in [1.807, 2.05) is 37.4 Å². The number of carboxylic acids is 1. The maximum Gasteiger partial charge on any atom is 0.315 e. The molecule has 0 radical (unpaired) electrons. The number of rotatable bonds is 7. The smallest absolute Gasteiger partial charge is 0.315 e. The van der Waals surface area contributed by atoms with Gasteiger partial charge in [0.25, 0.3) is 0 Å². The zero-order valence-electron chi connectivity index (χ0n) is 15.6. The van der Waals surface area contributed by atoms with Crippen LogP contribution in [-0.4, -0.2) is 28.5 Å². The molecule has 0 saturated heterocycles. The number of aromatic amines is 1. The van der Waals surface area contributed by atoms with E-state index >= 15 is 0 Å². The van der Waals surface area contributed by atoms with Gasteiger partial charge in [-0.2, -0.15) is 0 Å². The van der Waals surface area contributed by atoms with Crippen molar-refractivity contribution in [3.8, 4) is 0 Å². The Morgan fingerprint density at radius 3 is 2.56 bits per heavy atom. The third-order valence-corrected chi connectivity index (χ3v) is 5.15. The average molecular weight is 364 g/mol. The summed E-state index contributed by atoms with van der Waals surface area (Å²) >= 11 is 0. The molecule has 5 heteroatoms. The minimum Gasteiger partial charge on any atom is -0.481 e. The van der Waals surface area contributed by atoms with E-state index in [2.05, 4.69) is 10.3 Å². The molecule has 0 bridgehead atoms. The van der Waals surface area contributed by atoms with Crippen LogP contribution >= 0.6 is 0 Å². The Hall–Kier alpha value is -3.08. The van der Waals surface area contributed by atoms with Gasteiger partial charge in [-0.25, -0.2) is 0 Å². The summed E-state index contributed by atoms with van der Waals surface area (Å²) in [6, 6.07) is 15.1. The lowest BCUT2D eigenvalue weighted by molar-refractivity contribution is -0.143. The van der Waals surface area contributed by atoms with Crippen molar-refractivity contribution in [3.05, 3.63) is 71.4 Å². The lowest BCUT2D eigenvalue weighted by Gasteiger charge is -2.25. The molecule has 3 N–H and O–H groups in total. The van der Waals surface area contributed by atoms with Crippen molar-refractivity contribution in [1.29, 1.82) is 0 Å². The molecule has 5 nitrogen and oxygen atoms in total. The molecule has 0 aliphatic carbocycles. The van der Waals surface area contributed by atoms with Gasteiger partial charge < -0.3 is 15.4 Å². The SMILES string of the molecule is Cc1cccc2c(CCC(=O)NCC(C)(C(=O)O)c3ccccc3)c[nH]c12. The Labute approximate surface area is 158 Å². The van der Waals surface area contributed by atoms with Gasteiger partial charge in [-0.05, 0) is 37.0 Å². The summed E-state index contributed by atoms with van der Waals surface area (Å²) < 4.78 is 0. The normalized spacial score (nSPS) is 13.3. The fourth-order valence-corrected chi connectivity index (χ4v) is 3.29. The average Bonchev–Trinajstić information content (AvgIpc) is 3.09. The zero-order valence-corrected chi connectivity index (χ0v) is 15.6. The third kappa shape index (κ3) is 3.87. The van der Waals surface area contributed by atoms with Gasteiger partial charge in [0.1, 0.15) is 5.41 Å². The number of benzene rings is 2. The van der Waals surface area contributed by atoms with Gasteiger partial charge in [0.05, 0.1) is 0 Å². The summed E-state index contributed by atoms with van der Waals surface area (Å²) in [6.07, 6.45) is 2.85. The molecular formula is C22H24N2O3. The van der Waals surface area contributed by atoms with Crippen LogP contribution in [0, 0.1) is 6.92 Å². The van der Waals surface area contributed by atoms with Gasteiger partial charge in [0, 0.05) is 30.1 Å². The summed E-state index contributed by atoms with van der Waals surface area (Å²) in [7, 11) is 0. The van der Waals surface area contributed by atoms with Crippen molar-refractivity contribution in [2.75, 3.05) is 6.54 Å². The Morgan fingerprint density at radius 2 is 1.85 bits per heavy atom. The molecule has 1 atom stereocenters. The Balaban J connectivity index is 1.63. The lowest BCUT2D eigenvalue weighted by Crippen LogP contribution is -2.44. The van der Waals surface area contributed by atoms with Crippen molar-refractivity contribution >= 4 is 22.8 Å². The first kappa shape index (κ1) is 18.7. The highest BCUT2D eigenvalue weighted by atomic mass is 16.4. The summed E-state index contributed by atoms with van der Waals surface area (Å²) in [6.45, 7) is 3.73. The van der Waals surface area contributed by atoms with E-state index in [0.717, 1.165) is 16.5 Å². The first-order chi connectivity index (χ1) is 12.9. The molecule has 27 heavy (non-hydrogen) atoms. The van der Waals surface area contributed by atoms with Gasteiger partial charge in [-0.15, -0.1) is 0 Å². The molecule has 1 amide bonds. The van der Waals surface area contributed by atoms with Crippen molar-refractivity contribution in [1.82, 2.24) is 10.3 Å².